The van der Waals surface area contributed by atoms with Crippen molar-refractivity contribution in [3.63, 3.8) is 0 Å². The second kappa shape index (κ2) is 10.3. The lowest BCUT2D eigenvalue weighted by atomic mass is 9.96. The summed E-state index contributed by atoms with van der Waals surface area (Å²) in [5, 5.41) is 3.00. The van der Waals surface area contributed by atoms with Crippen LogP contribution >= 0.6 is 15.9 Å². The van der Waals surface area contributed by atoms with Crippen LogP contribution < -0.4 is 14.8 Å². The van der Waals surface area contributed by atoms with Crippen LogP contribution in [0.25, 0.3) is 0 Å². The maximum Gasteiger partial charge on any atom is 0.260 e. The summed E-state index contributed by atoms with van der Waals surface area (Å²) in [6, 6.07) is 15.0. The van der Waals surface area contributed by atoms with Crippen LogP contribution in [0.3, 0.4) is 0 Å². The molecule has 0 atom stereocenters. The molecule has 0 bridgehead atoms. The normalized spacial score (nSPS) is 14.3. The van der Waals surface area contributed by atoms with Crippen LogP contribution in [-0.4, -0.2) is 43.5 Å². The monoisotopic (exact) mass is 460 g/mol. The third kappa shape index (κ3) is 5.97. The smallest absolute Gasteiger partial charge is 0.260 e. The molecule has 1 saturated heterocycles. The number of nitrogens with one attached hydrogen (secondary N) is 1. The molecule has 3 rings (SSSR count). The zero-order chi connectivity index (χ0) is 20.6. The highest BCUT2D eigenvalue weighted by Crippen LogP contribution is 2.25. The van der Waals surface area contributed by atoms with Crippen LogP contribution in [0.2, 0.25) is 0 Å². The van der Waals surface area contributed by atoms with E-state index in [1.807, 2.05) is 48.5 Å². The predicted octanol–water partition coefficient (Wildman–Crippen LogP) is 3.39. The van der Waals surface area contributed by atoms with Gasteiger partial charge in [-0.15, -0.1) is 0 Å². The van der Waals surface area contributed by atoms with Gasteiger partial charge in [-0.2, -0.15) is 0 Å². The van der Waals surface area contributed by atoms with Crippen molar-refractivity contribution in [3.05, 3.63) is 58.6 Å². The highest BCUT2D eigenvalue weighted by molar-refractivity contribution is 9.10. The number of likely N-dealkylation sites (tertiary alicyclic amines) is 1. The number of carbonyl (C=O) groups excluding carboxylic acids is 2. The maximum atomic E-state index is 12.5. The zero-order valence-corrected chi connectivity index (χ0v) is 18.0. The number of methoxy groups -OCH3 is 1. The molecule has 0 unspecified atom stereocenters. The van der Waals surface area contributed by atoms with Gasteiger partial charge in [0.05, 0.1) is 11.6 Å². The minimum atomic E-state index is -0.0734. The summed E-state index contributed by atoms with van der Waals surface area (Å²) in [7, 11) is 1.62. The molecule has 1 aliphatic rings. The minimum Gasteiger partial charge on any atom is -0.496 e. The van der Waals surface area contributed by atoms with E-state index in [0.29, 0.717) is 38.2 Å². The molecule has 0 aliphatic carbocycles. The average Bonchev–Trinajstić information content (AvgIpc) is 2.76. The number of piperidine rings is 1. The van der Waals surface area contributed by atoms with Crippen LogP contribution in [0.15, 0.2) is 53.0 Å². The molecule has 0 aromatic heterocycles. The van der Waals surface area contributed by atoms with Crippen molar-refractivity contribution < 1.29 is 19.1 Å². The first-order chi connectivity index (χ1) is 14.1. The van der Waals surface area contributed by atoms with Gasteiger partial charge in [0.2, 0.25) is 5.91 Å². The van der Waals surface area contributed by atoms with Crippen molar-refractivity contribution in [2.45, 2.75) is 19.4 Å². The molecule has 154 valence electrons. The summed E-state index contributed by atoms with van der Waals surface area (Å²) in [6.45, 7) is 1.63. The fraction of sp³-hybridized carbons (Fsp3) is 0.364. The number of amides is 2. The molecule has 0 saturated carbocycles. The topological polar surface area (TPSA) is 67.9 Å². The summed E-state index contributed by atoms with van der Waals surface area (Å²) < 4.78 is 11.6. The first kappa shape index (κ1) is 21.2. The number of halogens is 1. The third-order valence-corrected chi connectivity index (χ3v) is 5.63. The number of nitrogens with zero attached hydrogens (tertiary/aromatic N) is 1. The number of hydrogen-bond acceptors (Lipinski definition) is 4. The Morgan fingerprint density at radius 1 is 1.14 bits per heavy atom. The van der Waals surface area contributed by atoms with Crippen LogP contribution in [0.1, 0.15) is 18.4 Å². The lowest BCUT2D eigenvalue weighted by molar-refractivity contribution is -0.137. The van der Waals surface area contributed by atoms with E-state index in [4.69, 9.17) is 9.47 Å². The van der Waals surface area contributed by atoms with E-state index >= 15 is 0 Å². The first-order valence-corrected chi connectivity index (χ1v) is 10.4. The lowest BCUT2D eigenvalue weighted by Crippen LogP contribution is -2.44. The quantitative estimate of drug-likeness (QED) is 0.687. The second-order valence-corrected chi connectivity index (χ2v) is 7.80. The fourth-order valence-electron chi connectivity index (χ4n) is 3.30. The van der Waals surface area contributed by atoms with Gasteiger partial charge in [-0.3, -0.25) is 9.59 Å². The van der Waals surface area contributed by atoms with E-state index in [1.165, 1.54) is 0 Å². The van der Waals surface area contributed by atoms with Gasteiger partial charge in [-0.1, -0.05) is 24.3 Å². The number of rotatable bonds is 7. The van der Waals surface area contributed by atoms with Gasteiger partial charge in [0.25, 0.3) is 5.91 Å². The average molecular weight is 461 g/mol. The zero-order valence-electron chi connectivity index (χ0n) is 16.4. The molecule has 2 aromatic carbocycles. The van der Waals surface area contributed by atoms with E-state index in [2.05, 4.69) is 21.2 Å². The van der Waals surface area contributed by atoms with Gasteiger partial charge in [0.1, 0.15) is 11.5 Å². The van der Waals surface area contributed by atoms with Crippen LogP contribution in [-0.2, 0) is 16.1 Å². The van der Waals surface area contributed by atoms with Crippen molar-refractivity contribution in [1.82, 2.24) is 10.2 Å². The van der Waals surface area contributed by atoms with Gasteiger partial charge in [-0.25, -0.2) is 0 Å². The lowest BCUT2D eigenvalue weighted by Gasteiger charge is -2.31. The molecule has 2 amide bonds. The van der Waals surface area contributed by atoms with E-state index < -0.39 is 0 Å². The molecule has 29 heavy (non-hydrogen) atoms. The minimum absolute atomic E-state index is 0.0211. The molecule has 1 heterocycles. The Balaban J connectivity index is 1.41. The van der Waals surface area contributed by atoms with E-state index in [9.17, 15) is 9.59 Å². The van der Waals surface area contributed by atoms with Crippen LogP contribution in [0.4, 0.5) is 0 Å². The molecule has 0 spiro atoms. The molecule has 7 heteroatoms. The third-order valence-electron chi connectivity index (χ3n) is 5.01. The highest BCUT2D eigenvalue weighted by atomic mass is 79.9. The first-order valence-electron chi connectivity index (χ1n) is 9.62. The van der Waals surface area contributed by atoms with Crippen molar-refractivity contribution in [1.29, 1.82) is 0 Å². The summed E-state index contributed by atoms with van der Waals surface area (Å²) >= 11 is 3.45. The highest BCUT2D eigenvalue weighted by Gasteiger charge is 2.27. The Bertz CT molecular complexity index is 836. The predicted molar refractivity (Wildman–Crippen MR) is 114 cm³/mol. The maximum absolute atomic E-state index is 12.5. The van der Waals surface area contributed by atoms with Gasteiger partial charge >= 0.3 is 0 Å². The summed E-state index contributed by atoms with van der Waals surface area (Å²) in [5.74, 6) is 1.35. The van der Waals surface area contributed by atoms with Crippen LogP contribution in [0, 0.1) is 5.92 Å². The van der Waals surface area contributed by atoms with E-state index in [1.54, 1.807) is 12.0 Å². The van der Waals surface area contributed by atoms with Crippen LogP contribution in [0.5, 0.6) is 11.5 Å². The molecule has 1 N–H and O–H groups in total. The Morgan fingerprint density at radius 2 is 1.86 bits per heavy atom. The molecule has 1 aliphatic heterocycles. The van der Waals surface area contributed by atoms with Gasteiger partial charge in [-0.05, 0) is 58.6 Å². The van der Waals surface area contributed by atoms with Crippen molar-refractivity contribution in [2.75, 3.05) is 26.8 Å². The molecule has 2 aromatic rings. The van der Waals surface area contributed by atoms with E-state index in [0.717, 1.165) is 15.8 Å². The van der Waals surface area contributed by atoms with Crippen molar-refractivity contribution in [3.8, 4) is 11.5 Å². The van der Waals surface area contributed by atoms with Crippen molar-refractivity contribution >= 4 is 27.7 Å². The fourth-order valence-corrected chi connectivity index (χ4v) is 3.89. The molecule has 0 radical (unpaired) electrons. The molecule has 6 nitrogen and oxygen atoms in total. The van der Waals surface area contributed by atoms with Gasteiger partial charge in [0, 0.05) is 25.6 Å². The number of hydrogen-bond donors (Lipinski definition) is 1. The molecular formula is C22H25BrN2O4. The summed E-state index contributed by atoms with van der Waals surface area (Å²) in [6.07, 6.45) is 1.32. The Morgan fingerprint density at radius 3 is 2.52 bits per heavy atom. The molecular weight excluding hydrogens is 436 g/mol. The Hall–Kier alpha value is -2.54. The van der Waals surface area contributed by atoms with E-state index in [-0.39, 0.29) is 24.3 Å². The van der Waals surface area contributed by atoms with Crippen molar-refractivity contribution in [2.24, 2.45) is 5.92 Å². The van der Waals surface area contributed by atoms with Gasteiger partial charge < -0.3 is 19.7 Å². The SMILES string of the molecule is COc1ccc(CNC(=O)C2CCN(C(=O)COc3ccccc3)CC2)cc1Br. The number of benzene rings is 2. The molecule has 1 fully saturated rings. The summed E-state index contributed by atoms with van der Waals surface area (Å²) in [5.41, 5.74) is 0.997. The Labute approximate surface area is 179 Å². The number of carbonyl (C=O) groups is 2. The second-order valence-electron chi connectivity index (χ2n) is 6.94. The number of ether oxygens (including phenoxy) is 2. The Kier molecular flexibility index (Phi) is 7.52. The largest absolute Gasteiger partial charge is 0.496 e. The number of para-hydroxylation sites is 1. The van der Waals surface area contributed by atoms with Gasteiger partial charge in [0.15, 0.2) is 6.61 Å². The summed E-state index contributed by atoms with van der Waals surface area (Å²) in [4.78, 5) is 26.6. The standard InChI is InChI=1S/C22H25BrN2O4/c1-28-20-8-7-16(13-19(20)23)14-24-22(27)17-9-11-25(12-10-17)21(26)15-29-18-5-3-2-4-6-18/h2-8,13,17H,9-12,14-15H2,1H3,(H,24,27).